The summed E-state index contributed by atoms with van der Waals surface area (Å²) < 4.78 is 5.51. The molecule has 0 spiro atoms. The third-order valence-corrected chi connectivity index (χ3v) is 3.98. The number of nitrogens with zero attached hydrogens (tertiary/aromatic N) is 1. The van der Waals surface area contributed by atoms with Gasteiger partial charge in [-0.05, 0) is 50.8 Å². The summed E-state index contributed by atoms with van der Waals surface area (Å²) >= 11 is 0. The van der Waals surface area contributed by atoms with Crippen LogP contribution in [-0.2, 0) is 11.3 Å². The van der Waals surface area contributed by atoms with Crippen LogP contribution in [0.2, 0.25) is 0 Å². The van der Waals surface area contributed by atoms with E-state index in [1.54, 1.807) is 7.11 Å². The Labute approximate surface area is 116 Å². The maximum Gasteiger partial charge on any atom is 0.0634 e. The molecular formula is C16H26N2O. The summed E-state index contributed by atoms with van der Waals surface area (Å²) in [5, 5.41) is 0. The molecule has 3 nitrogen and oxygen atoms in total. The minimum absolute atomic E-state index is 0.0335. The van der Waals surface area contributed by atoms with Gasteiger partial charge in [0.05, 0.1) is 5.60 Å². The Morgan fingerprint density at radius 1 is 1.26 bits per heavy atom. The molecule has 1 fully saturated rings. The fraction of sp³-hybridized carbons (Fsp3) is 0.625. The van der Waals surface area contributed by atoms with Gasteiger partial charge in [-0.25, -0.2) is 0 Å². The van der Waals surface area contributed by atoms with Gasteiger partial charge in [-0.2, -0.15) is 0 Å². The Morgan fingerprint density at radius 2 is 1.89 bits per heavy atom. The minimum Gasteiger partial charge on any atom is -0.399 e. The van der Waals surface area contributed by atoms with Crippen molar-refractivity contribution < 1.29 is 4.74 Å². The molecule has 19 heavy (non-hydrogen) atoms. The Bertz CT molecular complexity index is 396. The van der Waals surface area contributed by atoms with Crippen LogP contribution in [0, 0.1) is 0 Å². The molecule has 0 aromatic heterocycles. The van der Waals surface area contributed by atoms with E-state index in [4.69, 9.17) is 10.5 Å². The summed E-state index contributed by atoms with van der Waals surface area (Å²) in [6.45, 7) is 6.42. The van der Waals surface area contributed by atoms with Crippen molar-refractivity contribution in [2.75, 3.05) is 19.4 Å². The van der Waals surface area contributed by atoms with Crippen molar-refractivity contribution in [3.63, 3.8) is 0 Å². The standard InChI is InChI=1S/C16H26N2O/c1-16(2,19-3)10-11-18(15-8-9-15)12-13-4-6-14(17)7-5-13/h4-7,15H,8-12,17H2,1-3H3. The van der Waals surface area contributed by atoms with Gasteiger partial charge in [0.1, 0.15) is 0 Å². The van der Waals surface area contributed by atoms with Crippen molar-refractivity contribution in [1.82, 2.24) is 4.90 Å². The zero-order valence-corrected chi connectivity index (χ0v) is 12.4. The largest absolute Gasteiger partial charge is 0.399 e. The Morgan fingerprint density at radius 3 is 2.42 bits per heavy atom. The van der Waals surface area contributed by atoms with E-state index in [0.717, 1.165) is 31.2 Å². The molecule has 1 aliphatic carbocycles. The molecule has 2 rings (SSSR count). The fourth-order valence-electron chi connectivity index (χ4n) is 2.20. The van der Waals surface area contributed by atoms with Gasteiger partial charge in [-0.15, -0.1) is 0 Å². The second-order valence-electron chi connectivity index (χ2n) is 6.16. The smallest absolute Gasteiger partial charge is 0.0634 e. The lowest BCUT2D eigenvalue weighted by Crippen LogP contribution is -2.33. The molecule has 0 aliphatic heterocycles. The molecule has 0 amide bonds. The third kappa shape index (κ3) is 4.51. The van der Waals surface area contributed by atoms with Crippen LogP contribution in [0.1, 0.15) is 38.7 Å². The third-order valence-electron chi connectivity index (χ3n) is 3.98. The predicted octanol–water partition coefficient (Wildman–Crippen LogP) is 3.05. The topological polar surface area (TPSA) is 38.5 Å². The maximum atomic E-state index is 5.73. The number of methoxy groups -OCH3 is 1. The molecular weight excluding hydrogens is 236 g/mol. The SMILES string of the molecule is COC(C)(C)CCN(Cc1ccc(N)cc1)C1CC1. The summed E-state index contributed by atoms with van der Waals surface area (Å²) in [6, 6.07) is 9.00. The molecule has 3 heteroatoms. The van der Waals surface area contributed by atoms with Gasteiger partial charge in [0, 0.05) is 31.9 Å². The van der Waals surface area contributed by atoms with Gasteiger partial charge in [0.15, 0.2) is 0 Å². The highest BCUT2D eigenvalue weighted by atomic mass is 16.5. The average Bonchev–Trinajstić information content (AvgIpc) is 3.21. The van der Waals surface area contributed by atoms with Crippen molar-refractivity contribution in [3.05, 3.63) is 29.8 Å². The monoisotopic (exact) mass is 262 g/mol. The van der Waals surface area contributed by atoms with Crippen molar-refractivity contribution in [2.45, 2.75) is 51.3 Å². The van der Waals surface area contributed by atoms with Gasteiger partial charge in [0.2, 0.25) is 0 Å². The van der Waals surface area contributed by atoms with Crippen LogP contribution in [0.4, 0.5) is 5.69 Å². The van der Waals surface area contributed by atoms with Crippen LogP contribution in [0.5, 0.6) is 0 Å². The zero-order valence-electron chi connectivity index (χ0n) is 12.4. The summed E-state index contributed by atoms with van der Waals surface area (Å²) in [5.41, 5.74) is 7.88. The van der Waals surface area contributed by atoms with E-state index < -0.39 is 0 Å². The first-order valence-electron chi connectivity index (χ1n) is 7.14. The van der Waals surface area contributed by atoms with Gasteiger partial charge in [-0.3, -0.25) is 4.90 Å². The lowest BCUT2D eigenvalue weighted by Gasteiger charge is -2.28. The first-order chi connectivity index (χ1) is 9.00. The summed E-state index contributed by atoms with van der Waals surface area (Å²) in [4.78, 5) is 2.58. The van der Waals surface area contributed by atoms with E-state index in [2.05, 4.69) is 30.9 Å². The molecule has 0 radical (unpaired) electrons. The average molecular weight is 262 g/mol. The molecule has 0 heterocycles. The molecule has 1 aromatic carbocycles. The predicted molar refractivity (Wildman–Crippen MR) is 80.0 cm³/mol. The van der Waals surface area contributed by atoms with E-state index in [1.807, 2.05) is 12.1 Å². The number of nitrogens with two attached hydrogens (primary N) is 1. The Kier molecular flexibility index (Phi) is 4.48. The minimum atomic E-state index is -0.0335. The lowest BCUT2D eigenvalue weighted by molar-refractivity contribution is 0.00610. The van der Waals surface area contributed by atoms with Crippen LogP contribution in [0.25, 0.3) is 0 Å². The number of hydrogen-bond donors (Lipinski definition) is 1. The highest BCUT2D eigenvalue weighted by Gasteiger charge is 2.30. The maximum absolute atomic E-state index is 5.73. The van der Waals surface area contributed by atoms with Gasteiger partial charge in [-0.1, -0.05) is 12.1 Å². The molecule has 106 valence electrons. The number of anilines is 1. The quantitative estimate of drug-likeness (QED) is 0.768. The summed E-state index contributed by atoms with van der Waals surface area (Å²) in [7, 11) is 1.79. The van der Waals surface area contributed by atoms with Gasteiger partial charge < -0.3 is 10.5 Å². The second kappa shape index (κ2) is 5.93. The van der Waals surface area contributed by atoms with Crippen molar-refractivity contribution >= 4 is 5.69 Å². The summed E-state index contributed by atoms with van der Waals surface area (Å²) in [6.07, 6.45) is 3.74. The first-order valence-corrected chi connectivity index (χ1v) is 7.14. The first kappa shape index (κ1) is 14.4. The Hall–Kier alpha value is -1.06. The molecule has 0 saturated heterocycles. The second-order valence-corrected chi connectivity index (χ2v) is 6.16. The van der Waals surface area contributed by atoms with Crippen molar-refractivity contribution in [2.24, 2.45) is 0 Å². The molecule has 1 aromatic rings. The number of benzene rings is 1. The number of hydrogen-bond acceptors (Lipinski definition) is 3. The highest BCUT2D eigenvalue weighted by Crippen LogP contribution is 2.29. The van der Waals surface area contributed by atoms with E-state index in [1.165, 1.54) is 18.4 Å². The van der Waals surface area contributed by atoms with E-state index in [9.17, 15) is 0 Å². The van der Waals surface area contributed by atoms with Crippen LogP contribution < -0.4 is 5.73 Å². The van der Waals surface area contributed by atoms with Gasteiger partial charge >= 0.3 is 0 Å². The molecule has 2 N–H and O–H groups in total. The van der Waals surface area contributed by atoms with E-state index in [-0.39, 0.29) is 5.60 Å². The van der Waals surface area contributed by atoms with Crippen LogP contribution in [0.15, 0.2) is 24.3 Å². The van der Waals surface area contributed by atoms with Crippen molar-refractivity contribution in [3.8, 4) is 0 Å². The molecule has 1 aliphatic rings. The number of nitrogen functional groups attached to an aromatic ring is 1. The highest BCUT2D eigenvalue weighted by molar-refractivity contribution is 5.39. The van der Waals surface area contributed by atoms with Crippen molar-refractivity contribution in [1.29, 1.82) is 0 Å². The van der Waals surface area contributed by atoms with E-state index >= 15 is 0 Å². The van der Waals surface area contributed by atoms with Crippen LogP contribution in [0.3, 0.4) is 0 Å². The molecule has 1 saturated carbocycles. The Balaban J connectivity index is 1.91. The van der Waals surface area contributed by atoms with E-state index in [0.29, 0.717) is 0 Å². The number of ether oxygens (including phenoxy) is 1. The summed E-state index contributed by atoms with van der Waals surface area (Å²) in [5.74, 6) is 0. The van der Waals surface area contributed by atoms with Crippen LogP contribution in [-0.4, -0.2) is 30.2 Å². The molecule has 0 bridgehead atoms. The normalized spacial score (nSPS) is 16.0. The number of rotatable bonds is 7. The van der Waals surface area contributed by atoms with Gasteiger partial charge in [0.25, 0.3) is 0 Å². The fourth-order valence-corrected chi connectivity index (χ4v) is 2.20. The zero-order chi connectivity index (χ0) is 13.9. The lowest BCUT2D eigenvalue weighted by atomic mass is 10.0. The molecule has 0 unspecified atom stereocenters. The molecule has 0 atom stereocenters. The van der Waals surface area contributed by atoms with Crippen LogP contribution >= 0.6 is 0 Å².